The first-order chi connectivity index (χ1) is 7.59. The van der Waals surface area contributed by atoms with Crippen molar-refractivity contribution in [1.29, 1.82) is 0 Å². The monoisotopic (exact) mass is 226 g/mol. The second-order valence-corrected chi connectivity index (χ2v) is 4.51. The summed E-state index contributed by atoms with van der Waals surface area (Å²) in [5.41, 5.74) is 0.404. The maximum atomic E-state index is 10.5. The summed E-state index contributed by atoms with van der Waals surface area (Å²) < 4.78 is 0. The van der Waals surface area contributed by atoms with Gasteiger partial charge in [-0.3, -0.25) is 0 Å². The number of likely N-dealkylation sites (tertiary alicyclic amines) is 1. The summed E-state index contributed by atoms with van der Waals surface area (Å²) in [6.45, 7) is 7.86. The number of hydrogen-bond acceptors (Lipinski definition) is 3. The quantitative estimate of drug-likeness (QED) is 0.666. The number of aliphatic carboxylic acids is 1. The zero-order chi connectivity index (χ0) is 12.0. The molecule has 92 valence electrons. The van der Waals surface area contributed by atoms with Crippen molar-refractivity contribution in [2.45, 2.75) is 32.7 Å². The Morgan fingerprint density at radius 3 is 2.69 bits per heavy atom. The standard InChI is InChI=1S/C12H22N2O2/c1-10(12(15)16)5-6-13-11(2)9-14-7-3-4-8-14/h5,11,13H,3-4,6-9H2,1-2H3,(H,15,16)/b10-5-. The fraction of sp³-hybridized carbons (Fsp3) is 0.750. The zero-order valence-corrected chi connectivity index (χ0v) is 10.2. The molecule has 0 saturated carbocycles. The smallest absolute Gasteiger partial charge is 0.330 e. The third-order valence-corrected chi connectivity index (χ3v) is 2.94. The lowest BCUT2D eigenvalue weighted by atomic mass is 10.2. The Morgan fingerprint density at radius 1 is 1.50 bits per heavy atom. The Labute approximate surface area is 97.3 Å². The molecule has 1 aliphatic heterocycles. The largest absolute Gasteiger partial charge is 0.478 e. The van der Waals surface area contributed by atoms with Gasteiger partial charge in [-0.25, -0.2) is 4.79 Å². The van der Waals surface area contributed by atoms with Crippen molar-refractivity contribution in [3.63, 3.8) is 0 Å². The van der Waals surface area contributed by atoms with Gasteiger partial charge in [0.2, 0.25) is 0 Å². The van der Waals surface area contributed by atoms with Gasteiger partial charge in [-0.05, 0) is 39.8 Å². The molecule has 0 aliphatic carbocycles. The van der Waals surface area contributed by atoms with Gasteiger partial charge >= 0.3 is 5.97 Å². The average molecular weight is 226 g/mol. The number of rotatable bonds is 6. The van der Waals surface area contributed by atoms with Gasteiger partial charge in [0.15, 0.2) is 0 Å². The molecule has 1 saturated heterocycles. The van der Waals surface area contributed by atoms with Crippen molar-refractivity contribution in [2.24, 2.45) is 0 Å². The van der Waals surface area contributed by atoms with Gasteiger partial charge in [0.25, 0.3) is 0 Å². The average Bonchev–Trinajstić information content (AvgIpc) is 2.70. The van der Waals surface area contributed by atoms with Gasteiger partial charge < -0.3 is 15.3 Å². The van der Waals surface area contributed by atoms with Crippen LogP contribution in [0.15, 0.2) is 11.6 Å². The van der Waals surface area contributed by atoms with E-state index in [1.165, 1.54) is 25.9 Å². The van der Waals surface area contributed by atoms with E-state index in [9.17, 15) is 4.79 Å². The van der Waals surface area contributed by atoms with E-state index < -0.39 is 5.97 Å². The molecule has 2 N–H and O–H groups in total. The minimum atomic E-state index is -0.839. The summed E-state index contributed by atoms with van der Waals surface area (Å²) in [4.78, 5) is 13.0. The number of nitrogens with zero attached hydrogens (tertiary/aromatic N) is 1. The van der Waals surface area contributed by atoms with Crippen molar-refractivity contribution >= 4 is 5.97 Å². The molecule has 0 spiro atoms. The highest BCUT2D eigenvalue weighted by atomic mass is 16.4. The number of carboxylic acid groups (broad SMARTS) is 1. The van der Waals surface area contributed by atoms with Crippen LogP contribution >= 0.6 is 0 Å². The summed E-state index contributed by atoms with van der Waals surface area (Å²) >= 11 is 0. The molecule has 1 aliphatic rings. The summed E-state index contributed by atoms with van der Waals surface area (Å²) in [6, 6.07) is 0.413. The molecule has 1 fully saturated rings. The molecule has 0 aromatic rings. The second-order valence-electron chi connectivity index (χ2n) is 4.51. The van der Waals surface area contributed by atoms with E-state index in [0.29, 0.717) is 18.2 Å². The lowest BCUT2D eigenvalue weighted by molar-refractivity contribution is -0.132. The number of hydrogen-bond donors (Lipinski definition) is 2. The Balaban J connectivity index is 2.16. The minimum absolute atomic E-state index is 0.404. The summed E-state index contributed by atoms with van der Waals surface area (Å²) in [6.07, 6.45) is 4.35. The van der Waals surface area contributed by atoms with Gasteiger partial charge in [0.05, 0.1) is 0 Å². The molecule has 0 bridgehead atoms. The zero-order valence-electron chi connectivity index (χ0n) is 10.2. The maximum absolute atomic E-state index is 10.5. The van der Waals surface area contributed by atoms with Crippen molar-refractivity contribution in [1.82, 2.24) is 10.2 Å². The maximum Gasteiger partial charge on any atom is 0.330 e. The predicted molar refractivity (Wildman–Crippen MR) is 64.5 cm³/mol. The van der Waals surface area contributed by atoms with E-state index in [0.717, 1.165) is 6.54 Å². The summed E-state index contributed by atoms with van der Waals surface area (Å²) in [7, 11) is 0. The van der Waals surface area contributed by atoms with Crippen LogP contribution in [-0.2, 0) is 4.79 Å². The topological polar surface area (TPSA) is 52.6 Å². The van der Waals surface area contributed by atoms with Crippen LogP contribution in [0.5, 0.6) is 0 Å². The van der Waals surface area contributed by atoms with Crippen LogP contribution in [0.3, 0.4) is 0 Å². The Hall–Kier alpha value is -0.870. The van der Waals surface area contributed by atoms with Crippen LogP contribution in [0.25, 0.3) is 0 Å². The molecule has 16 heavy (non-hydrogen) atoms. The number of nitrogens with one attached hydrogen (secondary N) is 1. The molecular weight excluding hydrogens is 204 g/mol. The Kier molecular flexibility index (Phi) is 5.49. The van der Waals surface area contributed by atoms with Gasteiger partial charge in [-0.2, -0.15) is 0 Å². The van der Waals surface area contributed by atoms with Gasteiger partial charge in [0.1, 0.15) is 0 Å². The SMILES string of the molecule is C/C(=C/CNC(C)CN1CCCC1)C(=O)O. The van der Waals surface area contributed by atoms with E-state index >= 15 is 0 Å². The lowest BCUT2D eigenvalue weighted by Gasteiger charge is -2.20. The molecule has 4 nitrogen and oxygen atoms in total. The van der Waals surface area contributed by atoms with Crippen molar-refractivity contribution in [3.8, 4) is 0 Å². The summed E-state index contributed by atoms with van der Waals surface area (Å²) in [5, 5.41) is 12.0. The molecule has 0 aromatic carbocycles. The fourth-order valence-electron chi connectivity index (χ4n) is 1.92. The van der Waals surface area contributed by atoms with E-state index in [4.69, 9.17) is 5.11 Å². The van der Waals surface area contributed by atoms with Crippen LogP contribution in [0.4, 0.5) is 0 Å². The van der Waals surface area contributed by atoms with Crippen molar-refractivity contribution in [3.05, 3.63) is 11.6 Å². The predicted octanol–water partition coefficient (Wildman–Crippen LogP) is 1.09. The minimum Gasteiger partial charge on any atom is -0.478 e. The Bertz CT molecular complexity index is 258. The molecule has 0 amide bonds. The Morgan fingerprint density at radius 2 is 2.12 bits per heavy atom. The first-order valence-corrected chi connectivity index (χ1v) is 5.95. The van der Waals surface area contributed by atoms with E-state index in [1.807, 2.05) is 0 Å². The highest BCUT2D eigenvalue weighted by molar-refractivity contribution is 5.85. The first kappa shape index (κ1) is 13.2. The van der Waals surface area contributed by atoms with Crippen molar-refractivity contribution in [2.75, 3.05) is 26.2 Å². The van der Waals surface area contributed by atoms with Gasteiger partial charge in [0, 0.05) is 24.7 Å². The third-order valence-electron chi connectivity index (χ3n) is 2.94. The van der Waals surface area contributed by atoms with E-state index in [-0.39, 0.29) is 0 Å². The molecule has 1 unspecified atom stereocenters. The molecule has 1 atom stereocenters. The highest BCUT2D eigenvalue weighted by Gasteiger charge is 2.13. The molecule has 0 aromatic heterocycles. The third kappa shape index (κ3) is 4.77. The van der Waals surface area contributed by atoms with Gasteiger partial charge in [-0.1, -0.05) is 6.08 Å². The number of carboxylic acids is 1. The van der Waals surface area contributed by atoms with E-state index in [1.54, 1.807) is 13.0 Å². The van der Waals surface area contributed by atoms with Crippen LogP contribution in [0.1, 0.15) is 26.7 Å². The lowest BCUT2D eigenvalue weighted by Crippen LogP contribution is -2.38. The normalized spacial score (nSPS) is 20.0. The fourth-order valence-corrected chi connectivity index (χ4v) is 1.92. The molecule has 1 heterocycles. The first-order valence-electron chi connectivity index (χ1n) is 5.95. The van der Waals surface area contributed by atoms with Crippen LogP contribution in [-0.4, -0.2) is 48.2 Å². The summed E-state index contributed by atoms with van der Waals surface area (Å²) in [5.74, 6) is -0.839. The van der Waals surface area contributed by atoms with Crippen LogP contribution in [0.2, 0.25) is 0 Å². The van der Waals surface area contributed by atoms with Gasteiger partial charge in [-0.15, -0.1) is 0 Å². The molecule has 0 radical (unpaired) electrons. The van der Waals surface area contributed by atoms with Crippen LogP contribution < -0.4 is 5.32 Å². The van der Waals surface area contributed by atoms with Crippen LogP contribution in [0, 0.1) is 0 Å². The molecule has 4 heteroatoms. The number of carbonyl (C=O) groups is 1. The molecular formula is C12H22N2O2. The highest BCUT2D eigenvalue weighted by Crippen LogP contribution is 2.07. The molecule has 1 rings (SSSR count). The van der Waals surface area contributed by atoms with E-state index in [2.05, 4.69) is 17.1 Å². The second kappa shape index (κ2) is 6.66. The van der Waals surface area contributed by atoms with Crippen molar-refractivity contribution < 1.29 is 9.90 Å².